The summed E-state index contributed by atoms with van der Waals surface area (Å²) in [5, 5.41) is 0. The maximum atomic E-state index is 6.48. The summed E-state index contributed by atoms with van der Waals surface area (Å²) in [4.78, 5) is 0. The van der Waals surface area contributed by atoms with Crippen LogP contribution < -0.4 is 0 Å². The van der Waals surface area contributed by atoms with Gasteiger partial charge in [-0.2, -0.15) is 0 Å². The third-order valence-corrected chi connectivity index (χ3v) is 5.85. The molecule has 0 bridgehead atoms. The van der Waals surface area contributed by atoms with Crippen molar-refractivity contribution in [3.8, 4) is 0 Å². The van der Waals surface area contributed by atoms with E-state index in [4.69, 9.17) is 23.7 Å². The van der Waals surface area contributed by atoms with Crippen LogP contribution in [0.15, 0.2) is 104 Å². The second kappa shape index (κ2) is 12.6. The minimum absolute atomic E-state index is 0.407. The summed E-state index contributed by atoms with van der Waals surface area (Å²) >= 11 is 0. The maximum absolute atomic E-state index is 6.48. The average Bonchev–Trinajstić information content (AvgIpc) is 2.91. The van der Waals surface area contributed by atoms with Gasteiger partial charge in [-0.3, -0.25) is 0 Å². The van der Waals surface area contributed by atoms with Gasteiger partial charge in [0.2, 0.25) is 0 Å². The van der Waals surface area contributed by atoms with Crippen molar-refractivity contribution in [1.29, 1.82) is 0 Å². The van der Waals surface area contributed by atoms with Gasteiger partial charge in [0.05, 0.1) is 19.8 Å². The molecule has 34 heavy (non-hydrogen) atoms. The lowest BCUT2D eigenvalue weighted by molar-refractivity contribution is -0.309. The van der Waals surface area contributed by atoms with E-state index in [9.17, 15) is 0 Å². The van der Waals surface area contributed by atoms with Gasteiger partial charge in [-0.05, 0) is 16.7 Å². The molecule has 3 aromatic rings. The second-order valence-electron chi connectivity index (χ2n) is 8.22. The number of hydrogen-bond acceptors (Lipinski definition) is 5. The number of hydrogen-bond donors (Lipinski definition) is 0. The van der Waals surface area contributed by atoms with Crippen LogP contribution in [0.3, 0.4) is 0 Å². The Morgan fingerprint density at radius 3 is 1.47 bits per heavy atom. The van der Waals surface area contributed by atoms with E-state index in [1.54, 1.807) is 13.2 Å². The van der Waals surface area contributed by atoms with Gasteiger partial charge >= 0.3 is 0 Å². The van der Waals surface area contributed by atoms with Crippen LogP contribution in [0.25, 0.3) is 0 Å². The predicted molar refractivity (Wildman–Crippen MR) is 131 cm³/mol. The van der Waals surface area contributed by atoms with Crippen LogP contribution in [0.1, 0.15) is 16.7 Å². The Kier molecular flexibility index (Phi) is 9.02. The molecule has 5 heteroatoms. The van der Waals surface area contributed by atoms with E-state index in [0.29, 0.717) is 19.8 Å². The largest absolute Gasteiger partial charge is 0.368 e. The van der Waals surface area contributed by atoms with Gasteiger partial charge in [0, 0.05) is 7.11 Å². The first kappa shape index (κ1) is 24.3. The number of benzene rings is 3. The van der Waals surface area contributed by atoms with Crippen LogP contribution in [0.5, 0.6) is 0 Å². The van der Waals surface area contributed by atoms with Gasteiger partial charge in [0.1, 0.15) is 24.4 Å². The zero-order valence-corrected chi connectivity index (χ0v) is 19.5. The Labute approximate surface area is 201 Å². The second-order valence-corrected chi connectivity index (χ2v) is 8.22. The van der Waals surface area contributed by atoms with E-state index in [-0.39, 0.29) is 0 Å². The van der Waals surface area contributed by atoms with E-state index in [0.717, 1.165) is 16.7 Å². The molecule has 1 aliphatic heterocycles. The summed E-state index contributed by atoms with van der Waals surface area (Å²) in [6.45, 7) is 5.22. The summed E-state index contributed by atoms with van der Waals surface area (Å²) in [7, 11) is 1.61. The highest BCUT2D eigenvalue weighted by Gasteiger charge is 2.47. The maximum Gasteiger partial charge on any atom is 0.186 e. The zero-order valence-electron chi connectivity index (χ0n) is 19.5. The predicted octanol–water partition coefficient (Wildman–Crippen LogP) is 5.30. The van der Waals surface area contributed by atoms with Crippen molar-refractivity contribution in [3.63, 3.8) is 0 Å². The quantitative estimate of drug-likeness (QED) is 0.364. The van der Waals surface area contributed by atoms with E-state index >= 15 is 0 Å². The minimum atomic E-state index is -0.621. The van der Waals surface area contributed by atoms with Crippen molar-refractivity contribution >= 4 is 0 Å². The number of rotatable bonds is 11. The van der Waals surface area contributed by atoms with Gasteiger partial charge in [-0.25, -0.2) is 0 Å². The SMILES string of the molecule is C=CC1OC(OC)C(OCc2ccccc2)C(OCc2ccccc2)C1OCc1ccccc1. The Hall–Kier alpha value is -2.80. The van der Waals surface area contributed by atoms with Crippen LogP contribution in [0.4, 0.5) is 0 Å². The molecule has 1 saturated heterocycles. The molecule has 1 fully saturated rings. The average molecular weight is 461 g/mol. The first-order valence-electron chi connectivity index (χ1n) is 11.6. The first-order chi connectivity index (χ1) is 16.8. The summed E-state index contributed by atoms with van der Waals surface area (Å²) in [5.74, 6) is 0. The molecule has 3 aromatic carbocycles. The highest BCUT2D eigenvalue weighted by molar-refractivity contribution is 5.16. The number of ether oxygens (including phenoxy) is 5. The lowest BCUT2D eigenvalue weighted by Gasteiger charge is -2.44. The van der Waals surface area contributed by atoms with Crippen molar-refractivity contribution in [3.05, 3.63) is 120 Å². The van der Waals surface area contributed by atoms with Crippen LogP contribution in [0, 0.1) is 0 Å². The molecule has 0 aliphatic carbocycles. The smallest absolute Gasteiger partial charge is 0.186 e. The van der Waals surface area contributed by atoms with Crippen molar-refractivity contribution < 1.29 is 23.7 Å². The molecule has 1 heterocycles. The van der Waals surface area contributed by atoms with Crippen LogP contribution >= 0.6 is 0 Å². The zero-order chi connectivity index (χ0) is 23.6. The molecule has 0 aromatic heterocycles. The molecule has 178 valence electrons. The van der Waals surface area contributed by atoms with E-state index in [1.165, 1.54) is 0 Å². The van der Waals surface area contributed by atoms with Crippen molar-refractivity contribution in [2.45, 2.75) is 50.5 Å². The molecule has 5 atom stereocenters. The minimum Gasteiger partial charge on any atom is -0.368 e. The van der Waals surface area contributed by atoms with Crippen LogP contribution in [-0.2, 0) is 43.5 Å². The Morgan fingerprint density at radius 1 is 0.647 bits per heavy atom. The molecule has 0 spiro atoms. The highest BCUT2D eigenvalue weighted by Crippen LogP contribution is 2.31. The fourth-order valence-corrected chi connectivity index (χ4v) is 4.07. The van der Waals surface area contributed by atoms with E-state index in [2.05, 4.69) is 6.58 Å². The van der Waals surface area contributed by atoms with Gasteiger partial charge < -0.3 is 23.7 Å². The molecule has 0 N–H and O–H groups in total. The standard InChI is InChI=1S/C29H32O5/c1-3-25-26(31-19-22-13-7-4-8-14-22)27(32-20-23-15-9-5-10-16-23)28(29(30-2)34-25)33-21-24-17-11-6-12-18-24/h3-18,25-29H,1,19-21H2,2H3. The van der Waals surface area contributed by atoms with Gasteiger partial charge in [0.15, 0.2) is 6.29 Å². The highest BCUT2D eigenvalue weighted by atomic mass is 16.7. The topological polar surface area (TPSA) is 46.2 Å². The van der Waals surface area contributed by atoms with Gasteiger partial charge in [-0.1, -0.05) is 97.1 Å². The fourth-order valence-electron chi connectivity index (χ4n) is 4.07. The van der Waals surface area contributed by atoms with E-state index < -0.39 is 30.7 Å². The fraction of sp³-hybridized carbons (Fsp3) is 0.310. The monoisotopic (exact) mass is 460 g/mol. The Bertz CT molecular complexity index is 979. The molecular weight excluding hydrogens is 428 g/mol. The summed E-state index contributed by atoms with van der Waals surface area (Å²) in [6, 6.07) is 30.2. The molecule has 0 amide bonds. The van der Waals surface area contributed by atoms with Gasteiger partial charge in [0.25, 0.3) is 0 Å². The Balaban J connectivity index is 1.57. The van der Waals surface area contributed by atoms with Crippen molar-refractivity contribution in [2.75, 3.05) is 7.11 Å². The summed E-state index contributed by atoms with van der Waals surface area (Å²) < 4.78 is 31.1. The van der Waals surface area contributed by atoms with Crippen LogP contribution in [0.2, 0.25) is 0 Å². The first-order valence-corrected chi connectivity index (χ1v) is 11.6. The molecule has 5 nitrogen and oxygen atoms in total. The molecule has 0 saturated carbocycles. The third kappa shape index (κ3) is 6.41. The summed E-state index contributed by atoms with van der Waals surface area (Å²) in [6.07, 6.45) is -0.641. The molecular formula is C29H32O5. The molecule has 1 aliphatic rings. The van der Waals surface area contributed by atoms with E-state index in [1.807, 2.05) is 91.0 Å². The van der Waals surface area contributed by atoms with Crippen LogP contribution in [-0.4, -0.2) is 37.8 Å². The normalized spacial score (nSPS) is 24.6. The van der Waals surface area contributed by atoms with Crippen molar-refractivity contribution in [1.82, 2.24) is 0 Å². The Morgan fingerprint density at radius 2 is 1.06 bits per heavy atom. The lowest BCUT2D eigenvalue weighted by atomic mass is 9.97. The summed E-state index contributed by atoms with van der Waals surface area (Å²) in [5.41, 5.74) is 3.20. The number of methoxy groups -OCH3 is 1. The third-order valence-electron chi connectivity index (χ3n) is 5.85. The molecule has 0 radical (unpaired) electrons. The lowest BCUT2D eigenvalue weighted by Crippen LogP contribution is -2.60. The molecule has 4 rings (SSSR count). The van der Waals surface area contributed by atoms with Crippen molar-refractivity contribution in [2.24, 2.45) is 0 Å². The van der Waals surface area contributed by atoms with Gasteiger partial charge in [-0.15, -0.1) is 6.58 Å². The molecule has 5 unspecified atom stereocenters.